The molecule has 2 heterocycles. The highest BCUT2D eigenvalue weighted by atomic mass is 35.7. The molecule has 4 aromatic carbocycles. The normalized spacial score (nSPS) is 24.2. The molecule has 2 aliphatic rings. The first kappa shape index (κ1) is 24.8. The molecule has 0 radical (unpaired) electrons. The monoisotopic (exact) mass is 530 g/mol. The van der Waals surface area contributed by atoms with Crippen LogP contribution in [0, 0.1) is 0 Å². The molecule has 0 amide bonds. The average molecular weight is 531 g/mol. The standard InChI is InChI=1S/C31H28ClO4P/c1-29(2)33-27-28(34-29)31(25-19-11-5-12-20-25,26-21-13-6-14-22-26)36-37(32)35-30(27,23-15-7-3-8-16-23)24-17-9-4-10-18-24/h3-22,27-28H,1-2H3/t27-,28-/m1/s1. The van der Waals surface area contributed by atoms with Crippen LogP contribution < -0.4 is 0 Å². The molecule has 37 heavy (non-hydrogen) atoms. The summed E-state index contributed by atoms with van der Waals surface area (Å²) >= 11 is 7.08. The van der Waals surface area contributed by atoms with Crippen LogP contribution in [0.4, 0.5) is 0 Å². The van der Waals surface area contributed by atoms with E-state index in [0.717, 1.165) is 22.3 Å². The number of hydrogen-bond acceptors (Lipinski definition) is 4. The number of hydrogen-bond donors (Lipinski definition) is 0. The van der Waals surface area contributed by atoms with Gasteiger partial charge in [-0.25, -0.2) is 0 Å². The maximum Gasteiger partial charge on any atom is 0.279 e. The topological polar surface area (TPSA) is 36.9 Å². The third-order valence-corrected chi connectivity index (χ3v) is 8.42. The zero-order valence-corrected chi connectivity index (χ0v) is 22.3. The second kappa shape index (κ2) is 9.63. The molecule has 188 valence electrons. The van der Waals surface area contributed by atoms with Gasteiger partial charge in [0.25, 0.3) is 7.73 Å². The van der Waals surface area contributed by atoms with Gasteiger partial charge in [0, 0.05) is 0 Å². The summed E-state index contributed by atoms with van der Waals surface area (Å²) in [6, 6.07) is 40.4. The Morgan fingerprint density at radius 3 is 1.05 bits per heavy atom. The molecule has 0 N–H and O–H groups in total. The molecular weight excluding hydrogens is 503 g/mol. The van der Waals surface area contributed by atoms with E-state index in [1.54, 1.807) is 0 Å². The molecule has 6 heteroatoms. The smallest absolute Gasteiger partial charge is 0.279 e. The van der Waals surface area contributed by atoms with E-state index in [2.05, 4.69) is 48.5 Å². The highest BCUT2D eigenvalue weighted by Crippen LogP contribution is 2.66. The van der Waals surface area contributed by atoms with Gasteiger partial charge in [0.1, 0.15) is 12.2 Å². The maximum absolute atomic E-state index is 7.08. The van der Waals surface area contributed by atoms with Gasteiger partial charge in [0.2, 0.25) is 0 Å². The lowest BCUT2D eigenvalue weighted by Gasteiger charge is -2.41. The summed E-state index contributed by atoms with van der Waals surface area (Å²) in [6.45, 7) is 3.87. The summed E-state index contributed by atoms with van der Waals surface area (Å²) in [4.78, 5) is 0. The van der Waals surface area contributed by atoms with Crippen molar-refractivity contribution in [2.75, 3.05) is 0 Å². The summed E-state index contributed by atoms with van der Waals surface area (Å²) in [5, 5.41) is 0. The highest BCUT2D eigenvalue weighted by molar-refractivity contribution is 7.76. The van der Waals surface area contributed by atoms with Crippen LogP contribution in [0.1, 0.15) is 36.1 Å². The van der Waals surface area contributed by atoms with Gasteiger partial charge in [0.15, 0.2) is 17.0 Å². The van der Waals surface area contributed by atoms with Crippen molar-refractivity contribution in [3.63, 3.8) is 0 Å². The summed E-state index contributed by atoms with van der Waals surface area (Å²) < 4.78 is 27.4. The lowest BCUT2D eigenvalue weighted by Crippen LogP contribution is -2.53. The third-order valence-electron chi connectivity index (χ3n) is 7.14. The van der Waals surface area contributed by atoms with Gasteiger partial charge >= 0.3 is 0 Å². The van der Waals surface area contributed by atoms with E-state index in [0.29, 0.717) is 0 Å². The van der Waals surface area contributed by atoms with Gasteiger partial charge in [-0.2, -0.15) is 0 Å². The van der Waals surface area contributed by atoms with E-state index in [1.807, 2.05) is 86.6 Å². The van der Waals surface area contributed by atoms with Gasteiger partial charge in [-0.15, -0.1) is 0 Å². The fourth-order valence-electron chi connectivity index (χ4n) is 5.65. The molecule has 0 saturated carbocycles. The number of ether oxygens (including phenoxy) is 2. The molecule has 6 rings (SSSR count). The number of benzene rings is 4. The van der Waals surface area contributed by atoms with Crippen LogP contribution in [0.5, 0.6) is 0 Å². The minimum Gasteiger partial charge on any atom is -0.341 e. The Kier molecular flexibility index (Phi) is 6.45. The van der Waals surface area contributed by atoms with Gasteiger partial charge in [-0.1, -0.05) is 121 Å². The Labute approximate surface area is 223 Å². The third kappa shape index (κ3) is 4.13. The molecule has 0 aromatic heterocycles. The summed E-state index contributed by atoms with van der Waals surface area (Å²) in [5.41, 5.74) is 1.52. The second-order valence-corrected chi connectivity index (χ2v) is 11.4. The summed E-state index contributed by atoms with van der Waals surface area (Å²) in [7, 11) is -1.93. The first-order valence-electron chi connectivity index (χ1n) is 12.4. The molecule has 0 aliphatic carbocycles. The van der Waals surface area contributed by atoms with E-state index < -0.39 is 36.9 Å². The van der Waals surface area contributed by atoms with Gasteiger partial charge < -0.3 is 18.5 Å². The predicted molar refractivity (Wildman–Crippen MR) is 146 cm³/mol. The largest absolute Gasteiger partial charge is 0.341 e. The van der Waals surface area contributed by atoms with Gasteiger partial charge in [-0.3, -0.25) is 0 Å². The van der Waals surface area contributed by atoms with E-state index in [4.69, 9.17) is 29.8 Å². The molecule has 2 saturated heterocycles. The van der Waals surface area contributed by atoms with Crippen molar-refractivity contribution in [2.45, 2.75) is 43.0 Å². The summed E-state index contributed by atoms with van der Waals surface area (Å²) in [6.07, 6.45) is -1.20. The van der Waals surface area contributed by atoms with E-state index in [1.165, 1.54) is 0 Å². The van der Waals surface area contributed by atoms with Crippen molar-refractivity contribution in [3.8, 4) is 0 Å². The number of fused-ring (bicyclic) bond motifs is 1. The molecule has 0 spiro atoms. The maximum atomic E-state index is 7.08. The molecule has 0 bridgehead atoms. The van der Waals surface area contributed by atoms with E-state index in [-0.39, 0.29) is 0 Å². The highest BCUT2D eigenvalue weighted by Gasteiger charge is 2.66. The zero-order chi connectivity index (χ0) is 25.5. The van der Waals surface area contributed by atoms with Crippen molar-refractivity contribution >= 4 is 19.0 Å². The van der Waals surface area contributed by atoms with Crippen LogP contribution in [0.2, 0.25) is 0 Å². The molecule has 2 aliphatic heterocycles. The molecular formula is C31H28ClO4P. The van der Waals surface area contributed by atoms with E-state index >= 15 is 0 Å². The van der Waals surface area contributed by atoms with Crippen molar-refractivity contribution < 1.29 is 18.5 Å². The van der Waals surface area contributed by atoms with Crippen LogP contribution in [-0.4, -0.2) is 18.0 Å². The Balaban J connectivity index is 1.68. The molecule has 2 fully saturated rings. The molecule has 2 atom stereocenters. The summed E-state index contributed by atoms with van der Waals surface area (Å²) in [5.74, 6) is -0.905. The number of rotatable bonds is 4. The van der Waals surface area contributed by atoms with Gasteiger partial charge in [0.05, 0.1) is 0 Å². The Bertz CT molecular complexity index is 1150. The van der Waals surface area contributed by atoms with Crippen molar-refractivity contribution in [1.82, 2.24) is 0 Å². The zero-order valence-electron chi connectivity index (χ0n) is 20.7. The van der Waals surface area contributed by atoms with Crippen LogP contribution in [0.25, 0.3) is 0 Å². The molecule has 4 nitrogen and oxygen atoms in total. The first-order chi connectivity index (χ1) is 18.0. The van der Waals surface area contributed by atoms with Crippen LogP contribution in [0.3, 0.4) is 0 Å². The Morgan fingerprint density at radius 1 is 0.514 bits per heavy atom. The van der Waals surface area contributed by atoms with E-state index in [9.17, 15) is 0 Å². The quantitative estimate of drug-likeness (QED) is 0.251. The van der Waals surface area contributed by atoms with Crippen LogP contribution >= 0.6 is 19.0 Å². The van der Waals surface area contributed by atoms with Crippen molar-refractivity contribution in [2.24, 2.45) is 0 Å². The first-order valence-corrected chi connectivity index (χ1v) is 14.5. The minimum atomic E-state index is -1.93. The fourth-order valence-corrected chi connectivity index (χ4v) is 7.42. The lowest BCUT2D eigenvalue weighted by molar-refractivity contribution is -0.173. The minimum absolute atomic E-state index is 0.598. The van der Waals surface area contributed by atoms with Crippen molar-refractivity contribution in [3.05, 3.63) is 144 Å². The molecule has 0 unspecified atom stereocenters. The fraction of sp³-hybridized carbons (Fsp3) is 0.226. The van der Waals surface area contributed by atoms with Crippen LogP contribution in [0.15, 0.2) is 121 Å². The SMILES string of the molecule is CC1(C)O[C@@H]2[C@@H](O1)C(c1ccccc1)(c1ccccc1)OP(Cl)OC2(c1ccccc1)c1ccccc1. The predicted octanol–water partition coefficient (Wildman–Crippen LogP) is 7.91. The lowest BCUT2D eigenvalue weighted by atomic mass is 9.72. The second-order valence-electron chi connectivity index (χ2n) is 9.81. The van der Waals surface area contributed by atoms with Crippen molar-refractivity contribution in [1.29, 1.82) is 0 Å². The Morgan fingerprint density at radius 2 is 0.784 bits per heavy atom. The average Bonchev–Trinajstić information content (AvgIpc) is 3.23. The Hall–Kier alpha value is -2.56. The number of halogens is 1. The van der Waals surface area contributed by atoms with Gasteiger partial charge in [-0.05, 0) is 47.3 Å². The molecule has 4 aromatic rings. The van der Waals surface area contributed by atoms with Crippen LogP contribution in [-0.2, 0) is 29.7 Å².